The van der Waals surface area contributed by atoms with Crippen LogP contribution in [0.5, 0.6) is 0 Å². The van der Waals surface area contributed by atoms with E-state index in [1.807, 2.05) is 13.8 Å². The van der Waals surface area contributed by atoms with Crippen molar-refractivity contribution in [2.75, 3.05) is 11.9 Å². The van der Waals surface area contributed by atoms with Gasteiger partial charge in [-0.3, -0.25) is 0 Å². The average molecular weight is 268 g/mol. The van der Waals surface area contributed by atoms with Crippen LogP contribution in [0.1, 0.15) is 24.5 Å². The van der Waals surface area contributed by atoms with Gasteiger partial charge < -0.3 is 5.32 Å². The number of anilines is 1. The van der Waals surface area contributed by atoms with Crippen LogP contribution < -0.4 is 5.32 Å². The van der Waals surface area contributed by atoms with E-state index in [4.69, 9.17) is 0 Å². The summed E-state index contributed by atoms with van der Waals surface area (Å²) in [6.45, 7) is 4.67. The highest BCUT2D eigenvalue weighted by Crippen LogP contribution is 2.31. The summed E-state index contributed by atoms with van der Waals surface area (Å²) in [5, 5.41) is 3.67. The number of hydrogen-bond donors (Lipinski definition) is 1. The molecule has 1 aromatic carbocycles. The van der Waals surface area contributed by atoms with Crippen LogP contribution in [-0.2, 0) is 6.18 Å². The summed E-state index contributed by atoms with van der Waals surface area (Å²) in [4.78, 5) is 4.36. The minimum Gasteiger partial charge on any atom is -0.370 e. The molecule has 0 aliphatic heterocycles. The van der Waals surface area contributed by atoms with E-state index < -0.39 is 11.7 Å². The van der Waals surface area contributed by atoms with Crippen LogP contribution in [0.25, 0.3) is 10.9 Å². The van der Waals surface area contributed by atoms with Gasteiger partial charge in [0.2, 0.25) is 0 Å². The molecular formula is C14H15F3N2. The smallest absolute Gasteiger partial charge is 0.370 e. The second-order valence-corrected chi connectivity index (χ2v) is 4.49. The van der Waals surface area contributed by atoms with Crippen molar-refractivity contribution in [2.45, 2.75) is 26.4 Å². The van der Waals surface area contributed by atoms with Crippen LogP contribution in [-0.4, -0.2) is 11.5 Å². The van der Waals surface area contributed by atoms with Gasteiger partial charge in [0.15, 0.2) is 0 Å². The first-order valence-electron chi connectivity index (χ1n) is 6.14. The van der Waals surface area contributed by atoms with Gasteiger partial charge >= 0.3 is 6.18 Å². The van der Waals surface area contributed by atoms with Gasteiger partial charge in [-0.2, -0.15) is 13.2 Å². The number of aromatic nitrogens is 1. The van der Waals surface area contributed by atoms with Gasteiger partial charge in [0.1, 0.15) is 5.82 Å². The van der Waals surface area contributed by atoms with Gasteiger partial charge in [-0.05, 0) is 43.2 Å². The van der Waals surface area contributed by atoms with Crippen LogP contribution in [0.3, 0.4) is 0 Å². The van der Waals surface area contributed by atoms with Crippen molar-refractivity contribution in [3.63, 3.8) is 0 Å². The molecule has 2 aromatic rings. The number of pyridine rings is 1. The lowest BCUT2D eigenvalue weighted by molar-refractivity contribution is -0.137. The molecule has 1 N–H and O–H groups in total. The second-order valence-electron chi connectivity index (χ2n) is 4.49. The Hall–Kier alpha value is -1.78. The lowest BCUT2D eigenvalue weighted by Crippen LogP contribution is -2.06. The van der Waals surface area contributed by atoms with Crippen molar-refractivity contribution in [2.24, 2.45) is 0 Å². The fraction of sp³-hybridized carbons (Fsp3) is 0.357. The number of rotatable bonds is 3. The first-order chi connectivity index (χ1) is 8.91. The number of aryl methyl sites for hydroxylation is 1. The molecule has 0 atom stereocenters. The number of halogens is 3. The SMILES string of the molecule is CCCNc1nc2ccc(C(F)(F)F)cc2cc1C. The van der Waals surface area contributed by atoms with E-state index in [2.05, 4.69) is 10.3 Å². The number of nitrogens with zero attached hydrogens (tertiary/aromatic N) is 1. The van der Waals surface area contributed by atoms with Gasteiger partial charge in [0, 0.05) is 11.9 Å². The Bertz CT molecular complexity index is 591. The number of benzene rings is 1. The van der Waals surface area contributed by atoms with Crippen molar-refractivity contribution >= 4 is 16.7 Å². The van der Waals surface area contributed by atoms with Crippen LogP contribution in [0.4, 0.5) is 19.0 Å². The molecule has 0 aliphatic carbocycles. The summed E-state index contributed by atoms with van der Waals surface area (Å²) >= 11 is 0. The lowest BCUT2D eigenvalue weighted by Gasteiger charge is -2.11. The minimum atomic E-state index is -4.32. The zero-order chi connectivity index (χ0) is 14.0. The Morgan fingerprint density at radius 2 is 1.95 bits per heavy atom. The van der Waals surface area contributed by atoms with E-state index in [9.17, 15) is 13.2 Å². The van der Waals surface area contributed by atoms with E-state index in [-0.39, 0.29) is 0 Å². The Balaban J connectivity index is 2.46. The predicted molar refractivity (Wildman–Crippen MR) is 70.3 cm³/mol. The van der Waals surface area contributed by atoms with Crippen LogP contribution >= 0.6 is 0 Å². The molecule has 5 heteroatoms. The molecule has 0 fully saturated rings. The second kappa shape index (κ2) is 5.07. The summed E-state index contributed by atoms with van der Waals surface area (Å²) in [5.41, 5.74) is 0.771. The maximum absolute atomic E-state index is 12.6. The summed E-state index contributed by atoms with van der Waals surface area (Å²) in [7, 11) is 0. The number of alkyl halides is 3. The van der Waals surface area contributed by atoms with Gasteiger partial charge in [0.05, 0.1) is 11.1 Å². The van der Waals surface area contributed by atoms with Crippen molar-refractivity contribution in [3.05, 3.63) is 35.4 Å². The van der Waals surface area contributed by atoms with Gasteiger partial charge in [-0.25, -0.2) is 4.98 Å². The fourth-order valence-corrected chi connectivity index (χ4v) is 1.88. The highest BCUT2D eigenvalue weighted by atomic mass is 19.4. The lowest BCUT2D eigenvalue weighted by atomic mass is 10.1. The van der Waals surface area contributed by atoms with Crippen LogP contribution in [0.2, 0.25) is 0 Å². The number of hydrogen-bond acceptors (Lipinski definition) is 2. The molecule has 2 nitrogen and oxygen atoms in total. The van der Waals surface area contributed by atoms with Crippen molar-refractivity contribution in [3.8, 4) is 0 Å². The molecular weight excluding hydrogens is 253 g/mol. The van der Waals surface area contributed by atoms with E-state index >= 15 is 0 Å². The van der Waals surface area contributed by atoms with Crippen LogP contribution in [0.15, 0.2) is 24.3 Å². The van der Waals surface area contributed by atoms with Crippen molar-refractivity contribution in [1.29, 1.82) is 0 Å². The molecule has 0 saturated heterocycles. The first-order valence-corrected chi connectivity index (χ1v) is 6.14. The summed E-state index contributed by atoms with van der Waals surface area (Å²) in [6.07, 6.45) is -3.35. The zero-order valence-corrected chi connectivity index (χ0v) is 10.8. The molecule has 0 saturated carbocycles. The summed E-state index contributed by atoms with van der Waals surface area (Å²) in [5.74, 6) is 0.731. The molecule has 0 aliphatic rings. The minimum absolute atomic E-state index is 0.509. The largest absolute Gasteiger partial charge is 0.416 e. The van der Waals surface area contributed by atoms with Gasteiger partial charge in [-0.15, -0.1) is 0 Å². The van der Waals surface area contributed by atoms with E-state index in [0.29, 0.717) is 10.9 Å². The van der Waals surface area contributed by atoms with E-state index in [1.165, 1.54) is 6.07 Å². The molecule has 0 spiro atoms. The number of nitrogens with one attached hydrogen (secondary N) is 1. The topological polar surface area (TPSA) is 24.9 Å². The van der Waals surface area contributed by atoms with Gasteiger partial charge in [0.25, 0.3) is 0 Å². The summed E-state index contributed by atoms with van der Waals surface area (Å²) in [6, 6.07) is 5.34. The highest BCUT2D eigenvalue weighted by Gasteiger charge is 2.30. The first kappa shape index (κ1) is 13.6. The zero-order valence-electron chi connectivity index (χ0n) is 10.8. The van der Waals surface area contributed by atoms with Crippen molar-refractivity contribution < 1.29 is 13.2 Å². The standard InChI is InChI=1S/C14H15F3N2/c1-3-6-18-13-9(2)7-10-8-11(14(15,16)17)4-5-12(10)19-13/h4-5,7-8H,3,6H2,1-2H3,(H,18,19). The van der Waals surface area contributed by atoms with Crippen LogP contribution in [0, 0.1) is 6.92 Å². The molecule has 0 amide bonds. The quantitative estimate of drug-likeness (QED) is 0.893. The maximum atomic E-state index is 12.6. The van der Waals surface area contributed by atoms with Crippen molar-refractivity contribution in [1.82, 2.24) is 4.98 Å². The van der Waals surface area contributed by atoms with E-state index in [1.54, 1.807) is 6.07 Å². The normalized spacial score (nSPS) is 11.8. The Morgan fingerprint density at radius 3 is 2.58 bits per heavy atom. The third kappa shape index (κ3) is 2.97. The fourth-order valence-electron chi connectivity index (χ4n) is 1.88. The predicted octanol–water partition coefficient (Wildman–Crippen LogP) is 4.38. The number of fused-ring (bicyclic) bond motifs is 1. The molecule has 0 radical (unpaired) electrons. The third-order valence-corrected chi connectivity index (χ3v) is 2.88. The van der Waals surface area contributed by atoms with E-state index in [0.717, 1.165) is 36.5 Å². The molecule has 1 aromatic heterocycles. The monoisotopic (exact) mass is 268 g/mol. The molecule has 19 heavy (non-hydrogen) atoms. The maximum Gasteiger partial charge on any atom is 0.416 e. The Labute approximate surface area is 109 Å². The third-order valence-electron chi connectivity index (χ3n) is 2.88. The average Bonchev–Trinajstić information content (AvgIpc) is 2.34. The summed E-state index contributed by atoms with van der Waals surface area (Å²) < 4.78 is 37.9. The molecule has 102 valence electrons. The molecule has 2 rings (SSSR count). The Morgan fingerprint density at radius 1 is 1.21 bits per heavy atom. The van der Waals surface area contributed by atoms with Gasteiger partial charge in [-0.1, -0.05) is 6.92 Å². The molecule has 1 heterocycles. The Kier molecular flexibility index (Phi) is 3.64. The highest BCUT2D eigenvalue weighted by molar-refractivity contribution is 5.82. The molecule has 0 unspecified atom stereocenters. The molecule has 0 bridgehead atoms.